The number of amides is 1. The van der Waals surface area contributed by atoms with Crippen molar-refractivity contribution in [1.82, 2.24) is 4.90 Å². The van der Waals surface area contributed by atoms with Gasteiger partial charge in [0.05, 0.1) is 12.7 Å². The van der Waals surface area contributed by atoms with E-state index >= 15 is 0 Å². The quantitative estimate of drug-likeness (QED) is 0.621. The van der Waals surface area contributed by atoms with Crippen molar-refractivity contribution in [1.29, 1.82) is 0 Å². The molecule has 3 nitrogen and oxygen atoms in total. The molecule has 0 spiro atoms. The molecule has 1 aliphatic heterocycles. The standard InChI is InChI=1S/C9H17NO2/c1-3-4-9-7-10(8(2)11)5-6-12-9/h9H,3-7H2,1-2H3. The van der Waals surface area contributed by atoms with E-state index in [1.807, 2.05) is 4.90 Å². The average molecular weight is 171 g/mol. The zero-order chi connectivity index (χ0) is 8.97. The monoisotopic (exact) mass is 171 g/mol. The highest BCUT2D eigenvalue weighted by Crippen LogP contribution is 2.09. The van der Waals surface area contributed by atoms with Gasteiger partial charge in [-0.05, 0) is 6.42 Å². The Labute approximate surface area is 73.7 Å². The highest BCUT2D eigenvalue weighted by Gasteiger charge is 2.20. The molecular weight excluding hydrogens is 154 g/mol. The third-order valence-electron chi connectivity index (χ3n) is 2.19. The smallest absolute Gasteiger partial charge is 0.219 e. The van der Waals surface area contributed by atoms with E-state index in [2.05, 4.69) is 6.92 Å². The van der Waals surface area contributed by atoms with E-state index in [-0.39, 0.29) is 12.0 Å². The molecule has 1 unspecified atom stereocenters. The van der Waals surface area contributed by atoms with Crippen LogP contribution in [0.2, 0.25) is 0 Å². The number of hydrogen-bond acceptors (Lipinski definition) is 2. The van der Waals surface area contributed by atoms with E-state index in [4.69, 9.17) is 4.74 Å². The lowest BCUT2D eigenvalue weighted by molar-refractivity contribution is -0.136. The maximum absolute atomic E-state index is 11.0. The minimum absolute atomic E-state index is 0.166. The number of rotatable bonds is 2. The lowest BCUT2D eigenvalue weighted by Crippen LogP contribution is -2.44. The maximum atomic E-state index is 11.0. The summed E-state index contributed by atoms with van der Waals surface area (Å²) in [5, 5.41) is 0. The predicted molar refractivity (Wildman–Crippen MR) is 46.9 cm³/mol. The van der Waals surface area contributed by atoms with Crippen molar-refractivity contribution >= 4 is 5.91 Å². The van der Waals surface area contributed by atoms with E-state index in [9.17, 15) is 4.79 Å². The van der Waals surface area contributed by atoms with E-state index in [0.29, 0.717) is 6.61 Å². The van der Waals surface area contributed by atoms with E-state index in [1.54, 1.807) is 6.92 Å². The topological polar surface area (TPSA) is 29.5 Å². The zero-order valence-corrected chi connectivity index (χ0v) is 7.88. The Balaban J connectivity index is 2.35. The number of nitrogens with zero attached hydrogens (tertiary/aromatic N) is 1. The van der Waals surface area contributed by atoms with E-state index in [1.165, 1.54) is 0 Å². The molecule has 1 heterocycles. The molecule has 0 saturated carbocycles. The Kier molecular flexibility index (Phi) is 3.53. The summed E-state index contributed by atoms with van der Waals surface area (Å²) in [5.41, 5.74) is 0. The summed E-state index contributed by atoms with van der Waals surface area (Å²) in [6.07, 6.45) is 2.45. The number of carbonyl (C=O) groups excluding carboxylic acids is 1. The van der Waals surface area contributed by atoms with Gasteiger partial charge < -0.3 is 9.64 Å². The summed E-state index contributed by atoms with van der Waals surface area (Å²) in [6.45, 7) is 5.99. The van der Waals surface area contributed by atoms with Gasteiger partial charge >= 0.3 is 0 Å². The molecule has 0 N–H and O–H groups in total. The predicted octanol–water partition coefficient (Wildman–Crippen LogP) is 1.03. The summed E-state index contributed by atoms with van der Waals surface area (Å²) in [7, 11) is 0. The molecule has 0 aliphatic carbocycles. The van der Waals surface area contributed by atoms with Crippen LogP contribution in [-0.2, 0) is 9.53 Å². The van der Waals surface area contributed by atoms with Crippen LogP contribution in [0.5, 0.6) is 0 Å². The highest BCUT2D eigenvalue weighted by atomic mass is 16.5. The summed E-state index contributed by atoms with van der Waals surface area (Å²) in [6, 6.07) is 0. The molecule has 1 aliphatic rings. The van der Waals surface area contributed by atoms with Crippen LogP contribution in [0.3, 0.4) is 0 Å². The van der Waals surface area contributed by atoms with Gasteiger partial charge in [-0.2, -0.15) is 0 Å². The molecular formula is C9H17NO2. The van der Waals surface area contributed by atoms with Gasteiger partial charge in [0.15, 0.2) is 0 Å². The van der Waals surface area contributed by atoms with Gasteiger partial charge in [0.1, 0.15) is 0 Å². The number of ether oxygens (including phenoxy) is 1. The minimum Gasteiger partial charge on any atom is -0.375 e. The molecule has 1 atom stereocenters. The van der Waals surface area contributed by atoms with Crippen molar-refractivity contribution in [3.63, 3.8) is 0 Å². The van der Waals surface area contributed by atoms with Crippen molar-refractivity contribution in [2.45, 2.75) is 32.8 Å². The molecule has 0 aromatic heterocycles. The Hall–Kier alpha value is -0.570. The number of hydrogen-bond donors (Lipinski definition) is 0. The van der Waals surface area contributed by atoms with Gasteiger partial charge in [0.2, 0.25) is 5.91 Å². The van der Waals surface area contributed by atoms with Crippen molar-refractivity contribution < 1.29 is 9.53 Å². The third-order valence-corrected chi connectivity index (χ3v) is 2.19. The van der Waals surface area contributed by atoms with Crippen LogP contribution in [0.1, 0.15) is 26.7 Å². The maximum Gasteiger partial charge on any atom is 0.219 e. The van der Waals surface area contributed by atoms with E-state index < -0.39 is 0 Å². The van der Waals surface area contributed by atoms with E-state index in [0.717, 1.165) is 25.9 Å². The molecule has 0 aromatic carbocycles. The second-order valence-corrected chi connectivity index (χ2v) is 3.25. The van der Waals surface area contributed by atoms with Gasteiger partial charge in [-0.15, -0.1) is 0 Å². The first kappa shape index (κ1) is 9.52. The Morgan fingerprint density at radius 2 is 2.42 bits per heavy atom. The highest BCUT2D eigenvalue weighted by molar-refractivity contribution is 5.73. The van der Waals surface area contributed by atoms with Crippen LogP contribution in [0, 0.1) is 0 Å². The Morgan fingerprint density at radius 3 is 3.00 bits per heavy atom. The molecule has 0 radical (unpaired) electrons. The SMILES string of the molecule is CCCC1CN(C(C)=O)CCO1. The molecule has 3 heteroatoms. The van der Waals surface area contributed by atoms with Crippen LogP contribution < -0.4 is 0 Å². The molecule has 1 fully saturated rings. The summed E-state index contributed by atoms with van der Waals surface area (Å²) >= 11 is 0. The fourth-order valence-electron chi connectivity index (χ4n) is 1.50. The Bertz CT molecular complexity index is 157. The van der Waals surface area contributed by atoms with Crippen molar-refractivity contribution in [3.8, 4) is 0 Å². The number of carbonyl (C=O) groups is 1. The molecule has 1 rings (SSSR count). The first-order chi connectivity index (χ1) is 5.74. The zero-order valence-electron chi connectivity index (χ0n) is 7.88. The first-order valence-electron chi connectivity index (χ1n) is 4.61. The number of morpholine rings is 1. The summed E-state index contributed by atoms with van der Waals surface area (Å²) < 4.78 is 5.50. The van der Waals surface area contributed by atoms with Crippen LogP contribution in [0.25, 0.3) is 0 Å². The largest absolute Gasteiger partial charge is 0.375 e. The summed E-state index contributed by atoms with van der Waals surface area (Å²) in [5.74, 6) is 0.166. The molecule has 1 saturated heterocycles. The van der Waals surface area contributed by atoms with Crippen molar-refractivity contribution in [3.05, 3.63) is 0 Å². The van der Waals surface area contributed by atoms with Gasteiger partial charge in [0.25, 0.3) is 0 Å². The minimum atomic E-state index is 0.166. The second-order valence-electron chi connectivity index (χ2n) is 3.25. The van der Waals surface area contributed by atoms with Crippen LogP contribution in [0.15, 0.2) is 0 Å². The fraction of sp³-hybridized carbons (Fsp3) is 0.889. The van der Waals surface area contributed by atoms with Crippen LogP contribution in [0.4, 0.5) is 0 Å². The second kappa shape index (κ2) is 4.45. The van der Waals surface area contributed by atoms with Gasteiger partial charge in [-0.1, -0.05) is 13.3 Å². The van der Waals surface area contributed by atoms with Gasteiger partial charge in [-0.3, -0.25) is 4.79 Å². The third kappa shape index (κ3) is 2.48. The molecule has 1 amide bonds. The van der Waals surface area contributed by atoms with Gasteiger partial charge in [0, 0.05) is 20.0 Å². The Morgan fingerprint density at radius 1 is 1.67 bits per heavy atom. The van der Waals surface area contributed by atoms with Gasteiger partial charge in [-0.25, -0.2) is 0 Å². The molecule has 0 bridgehead atoms. The first-order valence-corrected chi connectivity index (χ1v) is 4.61. The van der Waals surface area contributed by atoms with Crippen molar-refractivity contribution in [2.24, 2.45) is 0 Å². The van der Waals surface area contributed by atoms with Crippen LogP contribution >= 0.6 is 0 Å². The van der Waals surface area contributed by atoms with Crippen LogP contribution in [-0.4, -0.2) is 36.6 Å². The molecule has 12 heavy (non-hydrogen) atoms. The fourth-order valence-corrected chi connectivity index (χ4v) is 1.50. The average Bonchev–Trinajstić information content (AvgIpc) is 2.05. The lowest BCUT2D eigenvalue weighted by atomic mass is 10.2. The lowest BCUT2D eigenvalue weighted by Gasteiger charge is -2.32. The molecule has 70 valence electrons. The summed E-state index contributed by atoms with van der Waals surface area (Å²) in [4.78, 5) is 12.9. The normalized spacial score (nSPS) is 24.2. The molecule has 0 aromatic rings. The van der Waals surface area contributed by atoms with Crippen molar-refractivity contribution in [2.75, 3.05) is 19.7 Å².